The van der Waals surface area contributed by atoms with Crippen molar-refractivity contribution in [3.05, 3.63) is 21.9 Å². The summed E-state index contributed by atoms with van der Waals surface area (Å²) in [5.41, 5.74) is 1.26. The Morgan fingerprint density at radius 2 is 2.18 bits per heavy atom. The summed E-state index contributed by atoms with van der Waals surface area (Å²) in [7, 11) is 0. The molecule has 1 unspecified atom stereocenters. The summed E-state index contributed by atoms with van der Waals surface area (Å²) in [4.78, 5) is 14.2. The molecule has 1 aliphatic rings. The summed E-state index contributed by atoms with van der Waals surface area (Å²) < 4.78 is 0. The van der Waals surface area contributed by atoms with Crippen molar-refractivity contribution in [2.45, 2.75) is 38.7 Å². The number of thiophene rings is 1. The monoisotopic (exact) mass is 253 g/mol. The molecule has 0 aliphatic carbocycles. The highest BCUT2D eigenvalue weighted by Crippen LogP contribution is 2.23. The van der Waals surface area contributed by atoms with E-state index in [1.54, 1.807) is 11.3 Å². The maximum absolute atomic E-state index is 12.3. The summed E-state index contributed by atoms with van der Waals surface area (Å²) in [6, 6.07) is 0. The lowest BCUT2D eigenvalue weighted by Crippen LogP contribution is -2.33. The molecule has 2 heterocycles. The van der Waals surface area contributed by atoms with Crippen molar-refractivity contribution >= 4 is 17.2 Å². The molecule has 1 fully saturated rings. The van der Waals surface area contributed by atoms with Crippen LogP contribution in [0.5, 0.6) is 0 Å². The molecule has 94 valence electrons. The second-order valence-electron chi connectivity index (χ2n) is 5.11. The van der Waals surface area contributed by atoms with E-state index in [0.717, 1.165) is 30.5 Å². The van der Waals surface area contributed by atoms with E-state index < -0.39 is 5.60 Å². The van der Waals surface area contributed by atoms with Crippen LogP contribution in [0.2, 0.25) is 0 Å². The van der Waals surface area contributed by atoms with E-state index in [9.17, 15) is 9.90 Å². The highest BCUT2D eigenvalue weighted by atomic mass is 32.1. The van der Waals surface area contributed by atoms with E-state index in [1.807, 2.05) is 29.5 Å². The molecule has 1 N–H and O–H groups in total. The average Bonchev–Trinajstić information content (AvgIpc) is 2.59. The second-order valence-corrected chi connectivity index (χ2v) is 5.85. The number of nitrogens with zero attached hydrogens (tertiary/aromatic N) is 1. The molecule has 0 aromatic carbocycles. The third-order valence-corrected chi connectivity index (χ3v) is 4.30. The van der Waals surface area contributed by atoms with Gasteiger partial charge in [0.2, 0.25) is 0 Å². The number of hydrogen-bond donors (Lipinski definition) is 1. The normalized spacial score (nSPS) is 25.7. The molecule has 1 aliphatic heterocycles. The third-order valence-electron chi connectivity index (χ3n) is 3.44. The lowest BCUT2D eigenvalue weighted by Gasteiger charge is -2.22. The number of carbonyl (C=O) groups excluding carboxylic acids is 1. The van der Waals surface area contributed by atoms with E-state index >= 15 is 0 Å². The molecule has 1 aromatic rings. The minimum atomic E-state index is -0.612. The molecular formula is C13H19NO2S. The lowest BCUT2D eigenvalue weighted by atomic mass is 9.98. The van der Waals surface area contributed by atoms with Gasteiger partial charge in [-0.25, -0.2) is 0 Å². The van der Waals surface area contributed by atoms with Crippen molar-refractivity contribution in [3.8, 4) is 0 Å². The van der Waals surface area contributed by atoms with E-state index in [4.69, 9.17) is 0 Å². The molecular weight excluding hydrogens is 234 g/mol. The molecule has 0 radical (unpaired) electrons. The first-order valence-corrected chi connectivity index (χ1v) is 6.98. The number of carbonyl (C=O) groups is 1. The van der Waals surface area contributed by atoms with Gasteiger partial charge in [-0.1, -0.05) is 0 Å². The Hall–Kier alpha value is -0.870. The molecule has 1 amide bonds. The first kappa shape index (κ1) is 12.6. The quantitative estimate of drug-likeness (QED) is 0.835. The van der Waals surface area contributed by atoms with E-state index in [2.05, 4.69) is 0 Å². The van der Waals surface area contributed by atoms with Gasteiger partial charge in [-0.05, 0) is 44.1 Å². The van der Waals surface area contributed by atoms with Gasteiger partial charge in [0.05, 0.1) is 11.2 Å². The van der Waals surface area contributed by atoms with Crippen molar-refractivity contribution in [2.75, 3.05) is 13.1 Å². The topological polar surface area (TPSA) is 40.5 Å². The average molecular weight is 253 g/mol. The minimum absolute atomic E-state index is 0.112. The fourth-order valence-corrected chi connectivity index (χ4v) is 3.04. The van der Waals surface area contributed by atoms with E-state index in [0.29, 0.717) is 13.0 Å². The van der Waals surface area contributed by atoms with Crippen LogP contribution in [0.1, 0.15) is 42.1 Å². The Morgan fingerprint density at radius 1 is 1.41 bits per heavy atom. The first-order chi connectivity index (χ1) is 7.99. The summed E-state index contributed by atoms with van der Waals surface area (Å²) in [6.45, 7) is 5.24. The Kier molecular flexibility index (Phi) is 3.54. The SMILES string of the molecule is Cc1cscc1C(=O)N1CCCC(C)(O)CC1. The van der Waals surface area contributed by atoms with Crippen LogP contribution in [0.3, 0.4) is 0 Å². The lowest BCUT2D eigenvalue weighted by molar-refractivity contribution is 0.0438. The van der Waals surface area contributed by atoms with Gasteiger partial charge < -0.3 is 10.0 Å². The van der Waals surface area contributed by atoms with Crippen LogP contribution >= 0.6 is 11.3 Å². The molecule has 4 heteroatoms. The maximum Gasteiger partial charge on any atom is 0.254 e. The zero-order valence-electron chi connectivity index (χ0n) is 10.4. The van der Waals surface area contributed by atoms with Crippen molar-refractivity contribution < 1.29 is 9.90 Å². The van der Waals surface area contributed by atoms with Crippen molar-refractivity contribution in [3.63, 3.8) is 0 Å². The van der Waals surface area contributed by atoms with Crippen LogP contribution in [0, 0.1) is 6.92 Å². The summed E-state index contributed by atoms with van der Waals surface area (Å²) in [5.74, 6) is 0.112. The molecule has 0 spiro atoms. The van der Waals surface area contributed by atoms with Gasteiger partial charge in [-0.2, -0.15) is 11.3 Å². The second kappa shape index (κ2) is 4.78. The summed E-state index contributed by atoms with van der Waals surface area (Å²) >= 11 is 1.57. The molecule has 1 atom stereocenters. The smallest absolute Gasteiger partial charge is 0.254 e. The Bertz CT molecular complexity index is 411. The standard InChI is InChI=1S/C13H19NO2S/c1-10-8-17-9-11(10)12(15)14-6-3-4-13(2,16)5-7-14/h8-9,16H,3-7H2,1-2H3. The third kappa shape index (κ3) is 2.87. The fourth-order valence-electron chi connectivity index (χ4n) is 2.22. The van der Waals surface area contributed by atoms with Crippen LogP contribution in [0.25, 0.3) is 0 Å². The molecule has 17 heavy (non-hydrogen) atoms. The van der Waals surface area contributed by atoms with E-state index in [1.165, 1.54) is 0 Å². The first-order valence-electron chi connectivity index (χ1n) is 6.04. The van der Waals surface area contributed by atoms with Crippen LogP contribution in [0.4, 0.5) is 0 Å². The predicted molar refractivity (Wildman–Crippen MR) is 69.4 cm³/mol. The largest absolute Gasteiger partial charge is 0.390 e. The summed E-state index contributed by atoms with van der Waals surface area (Å²) in [6.07, 6.45) is 2.32. The van der Waals surface area contributed by atoms with Gasteiger partial charge in [0.25, 0.3) is 5.91 Å². The molecule has 1 aromatic heterocycles. The molecule has 0 saturated carbocycles. The van der Waals surface area contributed by atoms with Crippen molar-refractivity contribution in [1.29, 1.82) is 0 Å². The summed E-state index contributed by atoms with van der Waals surface area (Å²) in [5, 5.41) is 13.9. The fraction of sp³-hybridized carbons (Fsp3) is 0.615. The number of likely N-dealkylation sites (tertiary alicyclic amines) is 1. The number of aryl methyl sites for hydroxylation is 1. The molecule has 3 nitrogen and oxygen atoms in total. The highest BCUT2D eigenvalue weighted by Gasteiger charge is 2.27. The van der Waals surface area contributed by atoms with Gasteiger partial charge in [0.15, 0.2) is 0 Å². The van der Waals surface area contributed by atoms with Crippen LogP contribution in [0.15, 0.2) is 10.8 Å². The van der Waals surface area contributed by atoms with Gasteiger partial charge in [0, 0.05) is 18.5 Å². The van der Waals surface area contributed by atoms with Crippen molar-refractivity contribution in [1.82, 2.24) is 4.90 Å². The van der Waals surface area contributed by atoms with E-state index in [-0.39, 0.29) is 5.91 Å². The molecule has 0 bridgehead atoms. The van der Waals surface area contributed by atoms with Gasteiger partial charge in [-0.3, -0.25) is 4.79 Å². The number of aliphatic hydroxyl groups is 1. The number of hydrogen-bond acceptors (Lipinski definition) is 3. The van der Waals surface area contributed by atoms with Crippen LogP contribution < -0.4 is 0 Å². The Morgan fingerprint density at radius 3 is 2.82 bits per heavy atom. The predicted octanol–water partition coefficient (Wildman–Crippen LogP) is 2.43. The molecule has 2 rings (SSSR count). The zero-order chi connectivity index (χ0) is 12.5. The van der Waals surface area contributed by atoms with Crippen LogP contribution in [-0.4, -0.2) is 34.6 Å². The highest BCUT2D eigenvalue weighted by molar-refractivity contribution is 7.08. The Balaban J connectivity index is 2.08. The number of rotatable bonds is 1. The Labute approximate surface area is 106 Å². The van der Waals surface area contributed by atoms with Crippen LogP contribution in [-0.2, 0) is 0 Å². The van der Waals surface area contributed by atoms with Gasteiger partial charge in [-0.15, -0.1) is 0 Å². The van der Waals surface area contributed by atoms with Gasteiger partial charge in [0.1, 0.15) is 0 Å². The maximum atomic E-state index is 12.3. The van der Waals surface area contributed by atoms with Gasteiger partial charge >= 0.3 is 0 Å². The van der Waals surface area contributed by atoms with Crippen molar-refractivity contribution in [2.24, 2.45) is 0 Å². The minimum Gasteiger partial charge on any atom is -0.390 e. The zero-order valence-corrected chi connectivity index (χ0v) is 11.2. The molecule has 1 saturated heterocycles. The number of amides is 1.